The largest absolute Gasteiger partial charge is 0.0840 e. The van der Waals surface area contributed by atoms with Gasteiger partial charge < -0.3 is 0 Å². The molecule has 1 saturated carbocycles. The van der Waals surface area contributed by atoms with E-state index in [0.717, 1.165) is 10.9 Å². The van der Waals surface area contributed by atoms with Crippen LogP contribution in [-0.2, 0) is 0 Å². The Kier molecular flexibility index (Phi) is 6.72. The van der Waals surface area contributed by atoms with Gasteiger partial charge in [-0.3, -0.25) is 0 Å². The first-order chi connectivity index (χ1) is 14.3. The summed E-state index contributed by atoms with van der Waals surface area (Å²) >= 11 is 6.76. The normalized spacial score (nSPS) is 19.2. The van der Waals surface area contributed by atoms with Gasteiger partial charge in [-0.1, -0.05) is 105 Å². The number of unbranched alkanes of at least 4 members (excludes halogenated alkanes) is 1. The van der Waals surface area contributed by atoms with Crippen LogP contribution in [0, 0.1) is 5.92 Å². The minimum atomic E-state index is 0.588. The highest BCUT2D eigenvalue weighted by Gasteiger charge is 2.25. The summed E-state index contributed by atoms with van der Waals surface area (Å²) in [6, 6.07) is 26.0. The van der Waals surface area contributed by atoms with E-state index in [-0.39, 0.29) is 0 Å². The lowest BCUT2D eigenvalue weighted by molar-refractivity contribution is 0.304. The second-order valence-corrected chi connectivity index (χ2v) is 8.91. The maximum absolute atomic E-state index is 6.76. The van der Waals surface area contributed by atoms with Crippen LogP contribution in [0.15, 0.2) is 72.8 Å². The summed E-state index contributed by atoms with van der Waals surface area (Å²) in [4.78, 5) is 0. The molecule has 0 unspecified atom stereocenters. The third kappa shape index (κ3) is 4.75. The summed E-state index contributed by atoms with van der Waals surface area (Å²) in [5.74, 6) is 1.51. The van der Waals surface area contributed by atoms with Crippen LogP contribution in [0.3, 0.4) is 0 Å². The Hall–Kier alpha value is -2.05. The van der Waals surface area contributed by atoms with Gasteiger partial charge in [-0.15, -0.1) is 0 Å². The highest BCUT2D eigenvalue weighted by atomic mass is 35.5. The van der Waals surface area contributed by atoms with Crippen molar-refractivity contribution in [3.05, 3.63) is 83.4 Å². The van der Waals surface area contributed by atoms with E-state index in [1.807, 2.05) is 0 Å². The third-order valence-electron chi connectivity index (χ3n) is 6.58. The van der Waals surface area contributed by atoms with Gasteiger partial charge in [0.05, 0.1) is 0 Å². The molecular formula is C28H31Cl. The van der Waals surface area contributed by atoms with Crippen molar-refractivity contribution in [3.63, 3.8) is 0 Å². The van der Waals surface area contributed by atoms with Crippen molar-refractivity contribution in [2.45, 2.75) is 57.8 Å². The van der Waals surface area contributed by atoms with Crippen molar-refractivity contribution in [2.75, 3.05) is 0 Å². The Morgan fingerprint density at radius 1 is 0.724 bits per heavy atom. The molecule has 1 aliphatic carbocycles. The van der Waals surface area contributed by atoms with E-state index in [1.54, 1.807) is 0 Å². The summed E-state index contributed by atoms with van der Waals surface area (Å²) in [6.07, 6.45) is 9.33. The topological polar surface area (TPSA) is 0 Å². The number of hydrogen-bond acceptors (Lipinski definition) is 0. The molecule has 0 bridgehead atoms. The van der Waals surface area contributed by atoms with Crippen molar-refractivity contribution >= 4 is 11.6 Å². The molecule has 3 aromatic rings. The maximum Gasteiger partial charge on any atom is 0.0447 e. The Bertz CT molecular complexity index is 903. The van der Waals surface area contributed by atoms with E-state index < -0.39 is 0 Å². The predicted octanol–water partition coefficient (Wildman–Crippen LogP) is 9.14. The summed E-state index contributed by atoms with van der Waals surface area (Å²) < 4.78 is 0. The van der Waals surface area contributed by atoms with Crippen molar-refractivity contribution in [1.82, 2.24) is 0 Å². The van der Waals surface area contributed by atoms with Crippen LogP contribution in [0.2, 0.25) is 5.02 Å². The Balaban J connectivity index is 1.57. The van der Waals surface area contributed by atoms with Gasteiger partial charge in [0.15, 0.2) is 0 Å². The summed E-state index contributed by atoms with van der Waals surface area (Å²) in [5.41, 5.74) is 6.48. The van der Waals surface area contributed by atoms with E-state index in [9.17, 15) is 0 Å². The van der Waals surface area contributed by atoms with Crippen LogP contribution < -0.4 is 0 Å². The zero-order chi connectivity index (χ0) is 20.1. The molecule has 1 fully saturated rings. The third-order valence-corrected chi connectivity index (χ3v) is 6.91. The lowest BCUT2D eigenvalue weighted by atomic mass is 9.75. The molecule has 150 valence electrons. The molecule has 29 heavy (non-hydrogen) atoms. The highest BCUT2D eigenvalue weighted by Crippen LogP contribution is 2.44. The molecule has 1 heteroatoms. The molecule has 0 aliphatic heterocycles. The molecule has 0 amide bonds. The Morgan fingerprint density at radius 3 is 2.07 bits per heavy atom. The second kappa shape index (κ2) is 9.63. The number of rotatable bonds is 6. The molecule has 0 saturated heterocycles. The average molecular weight is 403 g/mol. The Labute approximate surface area is 180 Å². The molecular weight excluding hydrogens is 372 g/mol. The number of halogens is 1. The zero-order valence-electron chi connectivity index (χ0n) is 17.4. The smallest absolute Gasteiger partial charge is 0.0447 e. The van der Waals surface area contributed by atoms with Crippen molar-refractivity contribution in [3.8, 4) is 22.3 Å². The molecule has 0 atom stereocenters. The van der Waals surface area contributed by atoms with E-state index in [4.69, 9.17) is 11.6 Å². The van der Waals surface area contributed by atoms with Crippen LogP contribution in [0.25, 0.3) is 22.3 Å². The number of hydrogen-bond donors (Lipinski definition) is 0. The lowest BCUT2D eigenvalue weighted by Gasteiger charge is -2.30. The first-order valence-electron chi connectivity index (χ1n) is 11.2. The summed E-state index contributed by atoms with van der Waals surface area (Å²) in [5, 5.41) is 0.937. The molecule has 0 nitrogen and oxygen atoms in total. The van der Waals surface area contributed by atoms with Gasteiger partial charge in [0.1, 0.15) is 0 Å². The van der Waals surface area contributed by atoms with Gasteiger partial charge in [-0.25, -0.2) is 0 Å². The maximum atomic E-state index is 6.76. The molecule has 0 N–H and O–H groups in total. The highest BCUT2D eigenvalue weighted by molar-refractivity contribution is 6.31. The van der Waals surface area contributed by atoms with E-state index in [2.05, 4.69) is 79.7 Å². The quantitative estimate of drug-likeness (QED) is 0.385. The molecule has 0 radical (unpaired) electrons. The SMILES string of the molecule is CCCCC1CCC(c2c(Cl)cccc2-c2ccc(-c3ccccc3)cc2)CC1. The predicted molar refractivity (Wildman–Crippen MR) is 127 cm³/mol. The number of benzene rings is 3. The lowest BCUT2D eigenvalue weighted by Crippen LogP contribution is -2.14. The van der Waals surface area contributed by atoms with Gasteiger partial charge in [0, 0.05) is 5.02 Å². The minimum absolute atomic E-state index is 0.588. The fraction of sp³-hybridized carbons (Fsp3) is 0.357. The van der Waals surface area contributed by atoms with Crippen LogP contribution in [0.1, 0.15) is 63.4 Å². The van der Waals surface area contributed by atoms with Crippen molar-refractivity contribution in [1.29, 1.82) is 0 Å². The van der Waals surface area contributed by atoms with Crippen LogP contribution in [0.5, 0.6) is 0 Å². The zero-order valence-corrected chi connectivity index (χ0v) is 18.2. The average Bonchev–Trinajstić information content (AvgIpc) is 2.79. The molecule has 4 rings (SSSR count). The Morgan fingerprint density at radius 2 is 1.38 bits per heavy atom. The van der Waals surface area contributed by atoms with E-state index >= 15 is 0 Å². The summed E-state index contributed by atoms with van der Waals surface area (Å²) in [7, 11) is 0. The summed E-state index contributed by atoms with van der Waals surface area (Å²) in [6.45, 7) is 2.30. The van der Waals surface area contributed by atoms with Crippen molar-refractivity contribution < 1.29 is 0 Å². The van der Waals surface area contributed by atoms with Gasteiger partial charge in [0.25, 0.3) is 0 Å². The monoisotopic (exact) mass is 402 g/mol. The van der Waals surface area contributed by atoms with E-state index in [1.165, 1.54) is 72.8 Å². The standard InChI is InChI=1S/C28H31Cl/c1-2-3-8-21-13-15-25(16-14-21)28-26(11-7-12-27(28)29)24-19-17-23(18-20-24)22-9-5-4-6-10-22/h4-7,9-12,17-21,25H,2-3,8,13-16H2,1H3. The van der Waals surface area contributed by atoms with Gasteiger partial charge >= 0.3 is 0 Å². The van der Waals surface area contributed by atoms with Gasteiger partial charge in [-0.05, 0) is 71.4 Å². The molecule has 0 heterocycles. The van der Waals surface area contributed by atoms with Crippen LogP contribution in [0.4, 0.5) is 0 Å². The fourth-order valence-corrected chi connectivity index (χ4v) is 5.24. The van der Waals surface area contributed by atoms with Crippen molar-refractivity contribution in [2.24, 2.45) is 5.92 Å². The fourth-order valence-electron chi connectivity index (χ4n) is 4.91. The first-order valence-corrected chi connectivity index (χ1v) is 11.6. The van der Waals surface area contributed by atoms with Gasteiger partial charge in [-0.2, -0.15) is 0 Å². The molecule has 0 aromatic heterocycles. The molecule has 1 aliphatic rings. The minimum Gasteiger partial charge on any atom is -0.0840 e. The first kappa shape index (κ1) is 20.2. The van der Waals surface area contributed by atoms with Crippen LogP contribution in [-0.4, -0.2) is 0 Å². The van der Waals surface area contributed by atoms with E-state index in [0.29, 0.717) is 5.92 Å². The molecule has 0 spiro atoms. The molecule has 3 aromatic carbocycles. The van der Waals surface area contributed by atoms with Crippen LogP contribution >= 0.6 is 11.6 Å². The second-order valence-electron chi connectivity index (χ2n) is 8.50. The van der Waals surface area contributed by atoms with Gasteiger partial charge in [0.2, 0.25) is 0 Å².